The Morgan fingerprint density at radius 2 is 0.675 bits per heavy atom. The van der Waals surface area contributed by atoms with Crippen LogP contribution in [-0.4, -0.2) is 0 Å². The zero-order chi connectivity index (χ0) is 52.8. The lowest BCUT2D eigenvalue weighted by Crippen LogP contribution is -2.29. The minimum atomic E-state index is -0.611. The maximum absolute atomic E-state index is 7.24. The van der Waals surface area contributed by atoms with Gasteiger partial charge in [0.2, 0.25) is 0 Å². The van der Waals surface area contributed by atoms with Gasteiger partial charge in [0.05, 0.1) is 21.9 Å². The quantitative estimate of drug-likeness (QED) is 0.143. The molecule has 16 rings (SSSR count). The second-order valence-corrected chi connectivity index (χ2v) is 21.4. The molecule has 0 spiro atoms. The van der Waals surface area contributed by atoms with Crippen molar-refractivity contribution in [2.24, 2.45) is 0 Å². The molecule has 13 aromatic carbocycles. The maximum atomic E-state index is 7.24. The number of nitrogens with zero attached hydrogens (tertiary/aromatic N) is 1. The molecule has 374 valence electrons. The minimum absolute atomic E-state index is 0.611. The number of furan rings is 1. The molecule has 14 aromatic rings. The second kappa shape index (κ2) is 18.2. The van der Waals surface area contributed by atoms with Crippen LogP contribution in [0, 0.1) is 0 Å². The molecular weight excluding hydrogens is 967 g/mol. The molecule has 80 heavy (non-hydrogen) atoms. The molecule has 0 unspecified atom stereocenters. The van der Waals surface area contributed by atoms with Crippen LogP contribution in [0.4, 0.5) is 17.1 Å². The van der Waals surface area contributed by atoms with Crippen LogP contribution in [0.1, 0.15) is 44.5 Å². The van der Waals surface area contributed by atoms with E-state index in [1.165, 1.54) is 83.5 Å². The Kier molecular flexibility index (Phi) is 10.4. The van der Waals surface area contributed by atoms with Crippen molar-refractivity contribution in [1.29, 1.82) is 0 Å². The Bertz CT molecular complexity index is 4430. The van der Waals surface area contributed by atoms with Gasteiger partial charge in [0, 0.05) is 22.1 Å². The van der Waals surface area contributed by atoms with Gasteiger partial charge in [-0.1, -0.05) is 267 Å². The van der Waals surface area contributed by atoms with Crippen molar-refractivity contribution in [3.05, 3.63) is 354 Å². The number of fused-ring (bicyclic) bond motifs is 11. The molecule has 0 amide bonds. The highest BCUT2D eigenvalue weighted by Crippen LogP contribution is 2.60. The van der Waals surface area contributed by atoms with Gasteiger partial charge in [-0.15, -0.1) is 0 Å². The van der Waals surface area contributed by atoms with E-state index in [1.807, 2.05) is 0 Å². The Balaban J connectivity index is 1.02. The molecule has 0 atom stereocenters. The van der Waals surface area contributed by atoms with E-state index in [9.17, 15) is 0 Å². The largest absolute Gasteiger partial charge is 0.455 e. The summed E-state index contributed by atoms with van der Waals surface area (Å²) in [7, 11) is 0. The van der Waals surface area contributed by atoms with E-state index in [2.05, 4.69) is 314 Å². The topological polar surface area (TPSA) is 16.4 Å². The van der Waals surface area contributed by atoms with Gasteiger partial charge in [-0.3, -0.25) is 0 Å². The van der Waals surface area contributed by atoms with Gasteiger partial charge in [-0.2, -0.15) is 0 Å². The summed E-state index contributed by atoms with van der Waals surface area (Å²) < 4.78 is 7.24. The van der Waals surface area contributed by atoms with Gasteiger partial charge in [-0.25, -0.2) is 0 Å². The predicted molar refractivity (Wildman–Crippen MR) is 331 cm³/mol. The van der Waals surface area contributed by atoms with E-state index in [4.69, 9.17) is 4.42 Å². The third kappa shape index (κ3) is 6.60. The standard InChI is InChI=1S/C78H51NO/c1-6-25-52(26-7-1)59-35-16-17-36-60(59)67-51-68-75-73(43-24-44-74(75)80-76(68)66-40-19-18-37-61(66)67)79(57-45-47-64-62-38-20-22-41-69(62)77(71(64)49-57,53-27-8-2-9-28-53)54-29-10-3-11-30-54)58-46-48-65-63-39-21-23-42-70(63)78(72(65)50-58,55-31-12-4-13-32-55)56-33-14-5-15-34-56/h1-51H. The van der Waals surface area contributed by atoms with Gasteiger partial charge in [0.1, 0.15) is 11.2 Å². The van der Waals surface area contributed by atoms with E-state index in [-0.39, 0.29) is 0 Å². The van der Waals surface area contributed by atoms with Crippen molar-refractivity contribution in [2.45, 2.75) is 10.8 Å². The Hall–Kier alpha value is -10.3. The molecule has 0 saturated heterocycles. The molecular formula is C78H51NO. The molecule has 2 heteroatoms. The Morgan fingerprint density at radius 1 is 0.263 bits per heavy atom. The van der Waals surface area contributed by atoms with Crippen molar-refractivity contribution in [3.63, 3.8) is 0 Å². The fourth-order valence-electron chi connectivity index (χ4n) is 14.2. The normalized spacial score (nSPS) is 13.4. The monoisotopic (exact) mass is 1020 g/mol. The van der Waals surface area contributed by atoms with Gasteiger partial charge < -0.3 is 9.32 Å². The van der Waals surface area contributed by atoms with Gasteiger partial charge in [0.15, 0.2) is 0 Å². The van der Waals surface area contributed by atoms with Crippen molar-refractivity contribution in [3.8, 4) is 44.5 Å². The van der Waals surface area contributed by atoms with Crippen LogP contribution < -0.4 is 4.90 Å². The van der Waals surface area contributed by atoms with Crippen LogP contribution in [0.2, 0.25) is 0 Å². The first-order valence-corrected chi connectivity index (χ1v) is 27.7. The zero-order valence-corrected chi connectivity index (χ0v) is 43.8. The van der Waals surface area contributed by atoms with Crippen LogP contribution in [0.3, 0.4) is 0 Å². The molecule has 0 saturated carbocycles. The summed E-state index contributed by atoms with van der Waals surface area (Å²) in [6.45, 7) is 0. The fourth-order valence-corrected chi connectivity index (χ4v) is 14.2. The van der Waals surface area contributed by atoms with E-state index in [0.29, 0.717) is 0 Å². The van der Waals surface area contributed by atoms with E-state index >= 15 is 0 Å². The van der Waals surface area contributed by atoms with E-state index in [1.54, 1.807) is 0 Å². The molecule has 0 bridgehead atoms. The summed E-state index contributed by atoms with van der Waals surface area (Å²) in [5.74, 6) is 0. The van der Waals surface area contributed by atoms with Gasteiger partial charge in [-0.05, 0) is 137 Å². The molecule has 0 fully saturated rings. The SMILES string of the molecule is c1ccc(-c2ccccc2-c2cc3c(oc4cccc(N(c5ccc6c(c5)C(c5ccccc5)(c5ccccc5)c5ccccc5-6)c5ccc6c(c5)C(c5ccccc5)(c5ccccc5)c5ccccc5-6)c43)c3ccccc23)cc1. The third-order valence-electron chi connectivity index (χ3n) is 17.4. The molecule has 1 aromatic heterocycles. The Labute approximate surface area is 465 Å². The van der Waals surface area contributed by atoms with E-state index in [0.717, 1.165) is 55.3 Å². The molecule has 2 nitrogen and oxygen atoms in total. The van der Waals surface area contributed by atoms with Crippen molar-refractivity contribution in [2.75, 3.05) is 4.90 Å². The van der Waals surface area contributed by atoms with Gasteiger partial charge in [0.25, 0.3) is 0 Å². The second-order valence-electron chi connectivity index (χ2n) is 21.4. The maximum Gasteiger partial charge on any atom is 0.143 e. The minimum Gasteiger partial charge on any atom is -0.455 e. The van der Waals surface area contributed by atoms with Crippen LogP contribution in [0.25, 0.3) is 77.2 Å². The van der Waals surface area contributed by atoms with E-state index < -0.39 is 10.8 Å². The average Bonchev–Trinajstić information content (AvgIpc) is 4.35. The summed E-state index contributed by atoms with van der Waals surface area (Å²) >= 11 is 0. The van der Waals surface area contributed by atoms with Crippen LogP contribution in [0.15, 0.2) is 314 Å². The third-order valence-corrected chi connectivity index (χ3v) is 17.4. The first-order valence-electron chi connectivity index (χ1n) is 27.7. The summed E-state index contributed by atoms with van der Waals surface area (Å²) in [5.41, 5.74) is 23.2. The highest BCUT2D eigenvalue weighted by molar-refractivity contribution is 6.23. The summed E-state index contributed by atoms with van der Waals surface area (Å²) in [6.07, 6.45) is 0. The number of rotatable bonds is 9. The van der Waals surface area contributed by atoms with Crippen LogP contribution in [0.5, 0.6) is 0 Å². The smallest absolute Gasteiger partial charge is 0.143 e. The first kappa shape index (κ1) is 45.9. The number of anilines is 3. The average molecular weight is 1020 g/mol. The molecule has 0 aliphatic heterocycles. The van der Waals surface area contributed by atoms with Crippen molar-refractivity contribution < 1.29 is 4.42 Å². The zero-order valence-electron chi connectivity index (χ0n) is 43.8. The van der Waals surface area contributed by atoms with Crippen LogP contribution in [-0.2, 0) is 10.8 Å². The lowest BCUT2D eigenvalue weighted by Gasteiger charge is -2.36. The number of hydrogen-bond donors (Lipinski definition) is 0. The van der Waals surface area contributed by atoms with Crippen molar-refractivity contribution >= 4 is 49.8 Å². The van der Waals surface area contributed by atoms with Gasteiger partial charge >= 0.3 is 0 Å². The highest BCUT2D eigenvalue weighted by atomic mass is 16.3. The number of hydrogen-bond acceptors (Lipinski definition) is 2. The molecule has 0 radical (unpaired) electrons. The summed E-state index contributed by atoms with van der Waals surface area (Å²) in [4.78, 5) is 2.53. The van der Waals surface area contributed by atoms with Crippen molar-refractivity contribution in [1.82, 2.24) is 0 Å². The lowest BCUT2D eigenvalue weighted by molar-refractivity contribution is 0.672. The lowest BCUT2D eigenvalue weighted by atomic mass is 9.67. The Morgan fingerprint density at radius 3 is 1.19 bits per heavy atom. The highest BCUT2D eigenvalue weighted by Gasteiger charge is 2.48. The summed E-state index contributed by atoms with van der Waals surface area (Å²) in [5, 5.41) is 4.33. The molecule has 0 N–H and O–H groups in total. The van der Waals surface area contributed by atoms with Crippen LogP contribution >= 0.6 is 0 Å². The predicted octanol–water partition coefficient (Wildman–Crippen LogP) is 20.3. The molecule has 2 aliphatic carbocycles. The molecule has 1 heterocycles. The molecule has 2 aliphatic rings. The first-order chi connectivity index (χ1) is 39.7. The number of benzene rings is 13. The summed E-state index contributed by atoms with van der Waals surface area (Å²) in [6, 6.07) is 114. The fraction of sp³-hybridized carbons (Fsp3) is 0.0256.